The molecule has 0 bridgehead atoms. The number of hydrogen-bond donors (Lipinski definition) is 3. The Bertz CT molecular complexity index is 712. The second-order valence-corrected chi connectivity index (χ2v) is 4.99. The van der Waals surface area contributed by atoms with Gasteiger partial charge in [0.2, 0.25) is 0 Å². The fraction of sp³-hybridized carbons (Fsp3) is 0.125. The Labute approximate surface area is 122 Å². The summed E-state index contributed by atoms with van der Waals surface area (Å²) in [5.41, 5.74) is 6.87. The third kappa shape index (κ3) is 2.23. The highest BCUT2D eigenvalue weighted by Crippen LogP contribution is 2.35. The molecule has 0 aliphatic carbocycles. The molecule has 2 heterocycles. The van der Waals surface area contributed by atoms with Gasteiger partial charge >= 0.3 is 5.97 Å². The van der Waals surface area contributed by atoms with Crippen molar-refractivity contribution in [2.45, 2.75) is 12.0 Å². The van der Waals surface area contributed by atoms with Crippen molar-refractivity contribution in [1.29, 1.82) is 0 Å². The minimum atomic E-state index is -1.13. The Hall–Kier alpha value is -2.82. The smallest absolute Gasteiger partial charge is 0.334 e. The number of aliphatic carboxylic acids is 1. The van der Waals surface area contributed by atoms with Crippen LogP contribution in [0.1, 0.15) is 17.5 Å². The first-order valence-electron chi connectivity index (χ1n) is 6.61. The fourth-order valence-corrected chi connectivity index (χ4v) is 2.57. The molecule has 5 nitrogen and oxygen atoms in total. The maximum atomic E-state index is 11.8. The summed E-state index contributed by atoms with van der Waals surface area (Å²) in [6.45, 7) is 0. The molecular weight excluding hydrogens is 266 g/mol. The lowest BCUT2D eigenvalue weighted by Crippen LogP contribution is -2.44. The molecule has 1 aromatic heterocycles. The minimum absolute atomic E-state index is 0.379. The molecule has 5 heteroatoms. The number of benzene rings is 1. The van der Waals surface area contributed by atoms with Crippen molar-refractivity contribution in [2.75, 3.05) is 5.73 Å². The Balaban J connectivity index is 1.97. The molecule has 1 aromatic carbocycles. The molecule has 21 heavy (non-hydrogen) atoms. The molecule has 0 spiro atoms. The number of nitrogen functional groups attached to an aromatic ring is 1. The van der Waals surface area contributed by atoms with Gasteiger partial charge in [-0.05, 0) is 17.7 Å². The molecular formula is C16H15N3O2. The van der Waals surface area contributed by atoms with E-state index in [9.17, 15) is 9.90 Å². The van der Waals surface area contributed by atoms with E-state index in [-0.39, 0.29) is 0 Å². The largest absolute Gasteiger partial charge is 0.479 e. The highest BCUT2D eigenvalue weighted by atomic mass is 16.4. The lowest BCUT2D eigenvalue weighted by molar-refractivity contribution is -0.144. The lowest BCUT2D eigenvalue weighted by atomic mass is 9.88. The van der Waals surface area contributed by atoms with Crippen LogP contribution in [0.3, 0.4) is 0 Å². The Morgan fingerprint density at radius 2 is 2.05 bits per heavy atom. The molecule has 2 aromatic rings. The fourth-order valence-electron chi connectivity index (χ4n) is 2.57. The molecule has 1 aliphatic rings. The summed E-state index contributed by atoms with van der Waals surface area (Å²) in [5.74, 6) is -0.496. The second kappa shape index (κ2) is 4.94. The number of carboxylic acids is 1. The molecule has 3 rings (SSSR count). The zero-order chi connectivity index (χ0) is 14.9. The van der Waals surface area contributed by atoms with Crippen molar-refractivity contribution in [1.82, 2.24) is 10.3 Å². The van der Waals surface area contributed by atoms with Gasteiger partial charge in [-0.25, -0.2) is 9.78 Å². The standard InChI is InChI=1S/C16H15N3O2/c17-14-10-11(7-9-18-14)13-6-8-16(19-13,15(20)21)12-4-2-1-3-5-12/h1-7,9-10,19H,8H2,(H2,17,18)(H,20,21). The summed E-state index contributed by atoms with van der Waals surface area (Å²) in [4.78, 5) is 15.8. The van der Waals surface area contributed by atoms with Crippen LogP contribution in [-0.4, -0.2) is 16.1 Å². The quantitative estimate of drug-likeness (QED) is 0.800. The summed E-state index contributed by atoms with van der Waals surface area (Å²) < 4.78 is 0. The van der Waals surface area contributed by atoms with E-state index >= 15 is 0 Å². The van der Waals surface area contributed by atoms with Crippen LogP contribution in [0.4, 0.5) is 5.82 Å². The lowest BCUT2D eigenvalue weighted by Gasteiger charge is -2.27. The third-order valence-electron chi connectivity index (χ3n) is 3.68. The summed E-state index contributed by atoms with van der Waals surface area (Å²) in [7, 11) is 0. The maximum Gasteiger partial charge on any atom is 0.334 e. The zero-order valence-electron chi connectivity index (χ0n) is 11.3. The second-order valence-electron chi connectivity index (χ2n) is 4.99. The molecule has 0 fully saturated rings. The van der Waals surface area contributed by atoms with E-state index in [2.05, 4.69) is 10.3 Å². The molecule has 0 radical (unpaired) electrons. The Morgan fingerprint density at radius 3 is 2.71 bits per heavy atom. The Kier molecular flexibility index (Phi) is 3.10. The van der Waals surface area contributed by atoms with E-state index in [1.165, 1.54) is 0 Å². The van der Waals surface area contributed by atoms with Crippen LogP contribution in [0.2, 0.25) is 0 Å². The van der Waals surface area contributed by atoms with E-state index in [1.807, 2.05) is 36.4 Å². The predicted molar refractivity (Wildman–Crippen MR) is 80.1 cm³/mol. The van der Waals surface area contributed by atoms with Crippen molar-refractivity contribution in [3.8, 4) is 0 Å². The van der Waals surface area contributed by atoms with Gasteiger partial charge < -0.3 is 16.2 Å². The molecule has 1 atom stereocenters. The number of nitrogens with one attached hydrogen (secondary N) is 1. The average molecular weight is 281 g/mol. The molecule has 0 saturated carbocycles. The molecule has 4 N–H and O–H groups in total. The summed E-state index contributed by atoms with van der Waals surface area (Å²) >= 11 is 0. The van der Waals surface area contributed by atoms with E-state index in [0.717, 1.165) is 16.8 Å². The SMILES string of the molecule is Nc1cc(C2=CCC(C(=O)O)(c3ccccc3)N2)ccn1. The number of anilines is 1. The number of rotatable bonds is 3. The number of nitrogens with zero attached hydrogens (tertiary/aromatic N) is 1. The van der Waals surface area contributed by atoms with Crippen LogP contribution in [0.15, 0.2) is 54.7 Å². The topological polar surface area (TPSA) is 88.2 Å². The highest BCUT2D eigenvalue weighted by molar-refractivity contribution is 5.86. The number of pyridine rings is 1. The summed E-state index contributed by atoms with van der Waals surface area (Å²) in [6, 6.07) is 12.7. The average Bonchev–Trinajstić information content (AvgIpc) is 2.95. The van der Waals surface area contributed by atoms with Crippen LogP contribution >= 0.6 is 0 Å². The first kappa shape index (κ1) is 13.2. The first-order chi connectivity index (χ1) is 10.1. The number of aromatic nitrogens is 1. The zero-order valence-corrected chi connectivity index (χ0v) is 11.3. The summed E-state index contributed by atoms with van der Waals surface area (Å²) in [5, 5.41) is 12.8. The number of carboxylic acid groups (broad SMARTS) is 1. The molecule has 0 saturated heterocycles. The van der Waals surface area contributed by atoms with Gasteiger partial charge in [-0.2, -0.15) is 0 Å². The van der Waals surface area contributed by atoms with E-state index in [0.29, 0.717) is 12.2 Å². The summed E-state index contributed by atoms with van der Waals surface area (Å²) in [6.07, 6.45) is 3.87. The normalized spacial score (nSPS) is 20.7. The van der Waals surface area contributed by atoms with Gasteiger partial charge in [-0.3, -0.25) is 0 Å². The molecule has 1 aliphatic heterocycles. The van der Waals surface area contributed by atoms with E-state index < -0.39 is 11.5 Å². The van der Waals surface area contributed by atoms with Gasteiger partial charge in [0.15, 0.2) is 5.54 Å². The van der Waals surface area contributed by atoms with Crippen LogP contribution in [0.25, 0.3) is 5.70 Å². The maximum absolute atomic E-state index is 11.8. The monoisotopic (exact) mass is 281 g/mol. The minimum Gasteiger partial charge on any atom is -0.479 e. The van der Waals surface area contributed by atoms with Crippen LogP contribution in [0, 0.1) is 0 Å². The molecule has 106 valence electrons. The third-order valence-corrected chi connectivity index (χ3v) is 3.68. The van der Waals surface area contributed by atoms with Gasteiger partial charge in [-0.15, -0.1) is 0 Å². The van der Waals surface area contributed by atoms with Gasteiger partial charge in [0.1, 0.15) is 5.82 Å². The van der Waals surface area contributed by atoms with Gasteiger partial charge in [-0.1, -0.05) is 36.4 Å². The van der Waals surface area contributed by atoms with Crippen molar-refractivity contribution in [2.24, 2.45) is 0 Å². The molecule has 0 amide bonds. The first-order valence-corrected chi connectivity index (χ1v) is 6.61. The van der Waals surface area contributed by atoms with Crippen molar-refractivity contribution < 1.29 is 9.90 Å². The van der Waals surface area contributed by atoms with Gasteiger partial charge in [0.25, 0.3) is 0 Å². The van der Waals surface area contributed by atoms with E-state index in [4.69, 9.17) is 5.73 Å². The number of hydrogen-bond acceptors (Lipinski definition) is 4. The number of carbonyl (C=O) groups is 1. The number of nitrogens with two attached hydrogens (primary N) is 1. The van der Waals surface area contributed by atoms with Crippen LogP contribution < -0.4 is 11.1 Å². The Morgan fingerprint density at radius 1 is 1.29 bits per heavy atom. The van der Waals surface area contributed by atoms with Crippen molar-refractivity contribution in [3.63, 3.8) is 0 Å². The highest BCUT2D eigenvalue weighted by Gasteiger charge is 2.43. The van der Waals surface area contributed by atoms with Crippen molar-refractivity contribution >= 4 is 17.5 Å². The van der Waals surface area contributed by atoms with E-state index in [1.54, 1.807) is 18.3 Å². The van der Waals surface area contributed by atoms with Crippen LogP contribution in [-0.2, 0) is 10.3 Å². The molecule has 1 unspecified atom stereocenters. The predicted octanol–water partition coefficient (Wildman–Crippen LogP) is 1.98. The van der Waals surface area contributed by atoms with Gasteiger partial charge in [0, 0.05) is 23.9 Å². The van der Waals surface area contributed by atoms with Crippen LogP contribution in [0.5, 0.6) is 0 Å². The van der Waals surface area contributed by atoms with Crippen molar-refractivity contribution in [3.05, 3.63) is 65.9 Å². The van der Waals surface area contributed by atoms with Gasteiger partial charge in [0.05, 0.1) is 0 Å².